The maximum absolute atomic E-state index is 6.13. The van der Waals surface area contributed by atoms with Gasteiger partial charge < -0.3 is 4.74 Å². The van der Waals surface area contributed by atoms with E-state index in [2.05, 4.69) is 63.2 Å². The highest BCUT2D eigenvalue weighted by Gasteiger charge is 2.05. The van der Waals surface area contributed by atoms with E-state index in [1.54, 1.807) is 0 Å². The molecule has 0 aliphatic heterocycles. The molecule has 0 heterocycles. The number of ether oxygens (including phenoxy) is 1. The molecule has 2 aromatic carbocycles. The molecule has 0 aliphatic carbocycles. The van der Waals surface area contributed by atoms with E-state index in [0.29, 0.717) is 0 Å². The third-order valence-corrected chi connectivity index (χ3v) is 3.44. The van der Waals surface area contributed by atoms with Crippen LogP contribution in [-0.2, 0) is 0 Å². The van der Waals surface area contributed by atoms with Crippen LogP contribution in [0.5, 0.6) is 5.75 Å². The van der Waals surface area contributed by atoms with Crippen molar-refractivity contribution >= 4 is 5.76 Å². The Hall–Kier alpha value is -2.02. The third-order valence-electron chi connectivity index (χ3n) is 3.44. The minimum Gasteiger partial charge on any atom is -0.457 e. The monoisotopic (exact) mass is 280 g/mol. The standard InChI is InChI=1S/C20H24O/c1-4-5-6-10-20(18-13-11-16(2)12-14-18)21-19-9-7-8-17(3)15-19/h7-15H,4-6H2,1-3H3/b20-10-. The summed E-state index contributed by atoms with van der Waals surface area (Å²) in [5.74, 6) is 1.85. The molecule has 1 heteroatoms. The van der Waals surface area contributed by atoms with Crippen LogP contribution in [-0.4, -0.2) is 0 Å². The maximum atomic E-state index is 6.13. The summed E-state index contributed by atoms with van der Waals surface area (Å²) in [7, 11) is 0. The fourth-order valence-corrected chi connectivity index (χ4v) is 2.18. The summed E-state index contributed by atoms with van der Waals surface area (Å²) in [6.45, 7) is 6.39. The Morgan fingerprint density at radius 3 is 2.43 bits per heavy atom. The van der Waals surface area contributed by atoms with Crippen LogP contribution < -0.4 is 4.74 Å². The summed E-state index contributed by atoms with van der Waals surface area (Å²) in [5, 5.41) is 0. The van der Waals surface area contributed by atoms with Crippen molar-refractivity contribution < 1.29 is 4.74 Å². The second kappa shape index (κ2) is 7.68. The largest absolute Gasteiger partial charge is 0.457 e. The number of aryl methyl sites for hydroxylation is 2. The minimum absolute atomic E-state index is 0.901. The van der Waals surface area contributed by atoms with Crippen LogP contribution >= 0.6 is 0 Å². The molecule has 2 rings (SSSR count). The summed E-state index contributed by atoms with van der Waals surface area (Å²) >= 11 is 0. The predicted molar refractivity (Wildman–Crippen MR) is 90.5 cm³/mol. The van der Waals surface area contributed by atoms with Crippen LogP contribution in [0.2, 0.25) is 0 Å². The van der Waals surface area contributed by atoms with Crippen molar-refractivity contribution in [2.75, 3.05) is 0 Å². The van der Waals surface area contributed by atoms with Crippen LogP contribution in [0.3, 0.4) is 0 Å². The van der Waals surface area contributed by atoms with Crippen LogP contribution in [0.25, 0.3) is 5.76 Å². The van der Waals surface area contributed by atoms with E-state index in [9.17, 15) is 0 Å². The van der Waals surface area contributed by atoms with Crippen molar-refractivity contribution in [1.29, 1.82) is 0 Å². The first kappa shape index (κ1) is 15.4. The second-order valence-electron chi connectivity index (χ2n) is 5.50. The Balaban J connectivity index is 2.23. The minimum atomic E-state index is 0.901. The van der Waals surface area contributed by atoms with Gasteiger partial charge >= 0.3 is 0 Å². The van der Waals surface area contributed by atoms with Gasteiger partial charge in [-0.05, 0) is 50.5 Å². The van der Waals surface area contributed by atoms with Crippen LogP contribution in [0, 0.1) is 13.8 Å². The summed E-state index contributed by atoms with van der Waals surface area (Å²) in [4.78, 5) is 0. The average molecular weight is 280 g/mol. The van der Waals surface area contributed by atoms with Gasteiger partial charge in [0, 0.05) is 5.56 Å². The lowest BCUT2D eigenvalue weighted by atomic mass is 10.1. The van der Waals surface area contributed by atoms with Gasteiger partial charge in [-0.15, -0.1) is 0 Å². The first-order valence-electron chi connectivity index (χ1n) is 7.71. The number of rotatable bonds is 6. The first-order chi connectivity index (χ1) is 10.2. The zero-order valence-corrected chi connectivity index (χ0v) is 13.2. The van der Waals surface area contributed by atoms with Crippen LogP contribution in [0.1, 0.15) is 42.9 Å². The molecule has 0 bridgehead atoms. The molecular weight excluding hydrogens is 256 g/mol. The molecule has 0 aromatic heterocycles. The van der Waals surface area contributed by atoms with E-state index in [1.165, 1.54) is 24.0 Å². The van der Waals surface area contributed by atoms with E-state index < -0.39 is 0 Å². The second-order valence-corrected chi connectivity index (χ2v) is 5.50. The number of hydrogen-bond acceptors (Lipinski definition) is 1. The van der Waals surface area contributed by atoms with Gasteiger partial charge in [0.1, 0.15) is 11.5 Å². The van der Waals surface area contributed by atoms with Crippen molar-refractivity contribution in [3.8, 4) is 5.75 Å². The molecule has 0 spiro atoms. The molecule has 2 aromatic rings. The van der Waals surface area contributed by atoms with Gasteiger partial charge in [-0.1, -0.05) is 55.3 Å². The Morgan fingerprint density at radius 2 is 1.76 bits per heavy atom. The molecule has 1 nitrogen and oxygen atoms in total. The van der Waals surface area contributed by atoms with Crippen molar-refractivity contribution in [3.63, 3.8) is 0 Å². The number of hydrogen-bond donors (Lipinski definition) is 0. The molecule has 0 aliphatic rings. The lowest BCUT2D eigenvalue weighted by Crippen LogP contribution is -1.96. The van der Waals surface area contributed by atoms with Crippen molar-refractivity contribution in [2.45, 2.75) is 40.0 Å². The fraction of sp³-hybridized carbons (Fsp3) is 0.300. The molecule has 0 atom stereocenters. The molecule has 0 saturated carbocycles. The molecule has 21 heavy (non-hydrogen) atoms. The maximum Gasteiger partial charge on any atom is 0.130 e. The summed E-state index contributed by atoms with van der Waals surface area (Å²) in [5.41, 5.74) is 3.62. The zero-order chi connectivity index (χ0) is 15.1. The molecule has 0 fully saturated rings. The summed E-state index contributed by atoms with van der Waals surface area (Å²) in [6.07, 6.45) is 5.64. The van der Waals surface area contributed by atoms with Gasteiger partial charge in [0.15, 0.2) is 0 Å². The van der Waals surface area contributed by atoms with Crippen LogP contribution in [0.4, 0.5) is 0 Å². The molecule has 110 valence electrons. The van der Waals surface area contributed by atoms with Gasteiger partial charge in [-0.3, -0.25) is 0 Å². The average Bonchev–Trinajstić information content (AvgIpc) is 2.47. The number of benzene rings is 2. The quantitative estimate of drug-likeness (QED) is 0.472. The van der Waals surface area contributed by atoms with Gasteiger partial charge in [0.2, 0.25) is 0 Å². The number of allylic oxidation sites excluding steroid dienone is 1. The molecular formula is C20H24O. The third kappa shape index (κ3) is 4.78. The highest BCUT2D eigenvalue weighted by molar-refractivity contribution is 5.62. The molecule has 0 saturated heterocycles. The Morgan fingerprint density at radius 1 is 1.00 bits per heavy atom. The van der Waals surface area contributed by atoms with Crippen LogP contribution in [0.15, 0.2) is 54.6 Å². The predicted octanol–water partition coefficient (Wildman–Crippen LogP) is 5.91. The van der Waals surface area contributed by atoms with E-state index in [4.69, 9.17) is 4.74 Å². The Bertz CT molecular complexity index is 593. The normalized spacial score (nSPS) is 11.5. The van der Waals surface area contributed by atoms with Crippen molar-refractivity contribution in [2.24, 2.45) is 0 Å². The molecule has 0 radical (unpaired) electrons. The van der Waals surface area contributed by atoms with E-state index in [-0.39, 0.29) is 0 Å². The zero-order valence-electron chi connectivity index (χ0n) is 13.2. The molecule has 0 amide bonds. The topological polar surface area (TPSA) is 9.23 Å². The van der Waals surface area contributed by atoms with Crippen molar-refractivity contribution in [3.05, 3.63) is 71.3 Å². The summed E-state index contributed by atoms with van der Waals surface area (Å²) < 4.78 is 6.13. The van der Waals surface area contributed by atoms with Crippen molar-refractivity contribution in [1.82, 2.24) is 0 Å². The first-order valence-corrected chi connectivity index (χ1v) is 7.71. The van der Waals surface area contributed by atoms with Gasteiger partial charge in [-0.25, -0.2) is 0 Å². The smallest absolute Gasteiger partial charge is 0.130 e. The lowest BCUT2D eigenvalue weighted by Gasteiger charge is -2.12. The highest BCUT2D eigenvalue weighted by atomic mass is 16.5. The lowest BCUT2D eigenvalue weighted by molar-refractivity contribution is 0.511. The van der Waals surface area contributed by atoms with Gasteiger partial charge in [-0.2, -0.15) is 0 Å². The Labute approximate surface area is 128 Å². The number of unbranched alkanes of at least 4 members (excludes halogenated alkanes) is 2. The Kier molecular flexibility index (Phi) is 5.62. The van der Waals surface area contributed by atoms with E-state index in [1.807, 2.05) is 12.1 Å². The van der Waals surface area contributed by atoms with Gasteiger partial charge in [0.25, 0.3) is 0 Å². The van der Waals surface area contributed by atoms with E-state index in [0.717, 1.165) is 23.5 Å². The molecule has 0 unspecified atom stereocenters. The van der Waals surface area contributed by atoms with Gasteiger partial charge in [0.05, 0.1) is 0 Å². The van der Waals surface area contributed by atoms with E-state index >= 15 is 0 Å². The SMILES string of the molecule is CCCC/C=C(\Oc1cccc(C)c1)c1ccc(C)cc1. The molecule has 0 N–H and O–H groups in total. The highest BCUT2D eigenvalue weighted by Crippen LogP contribution is 2.23. The fourth-order valence-electron chi connectivity index (χ4n) is 2.18. The summed E-state index contributed by atoms with van der Waals surface area (Å²) in [6, 6.07) is 16.7.